The highest BCUT2D eigenvalue weighted by atomic mass is 28.4. The average molecular weight is 522 g/mol. The number of hydrogen-bond acceptors (Lipinski definition) is 6. The molecule has 5 rings (SSSR count). The molecular weight excluding hydrogens is 478 g/mol. The standard InChI is InChI=1S/C29H43N5O2Si/c1-19(2)37(35,20(3)4)21(5)17-22-9-8-16-33(22)29-32-31-28-15-12-23(18-34(28)29)36-27-14-13-26(30)24-10-6-7-11-25(24)27/h6-7,10-12,15,18-22,26-27,35H,8-9,13-14,16-17,30H2,1-5H3/t21?,22?,26-,27?/m0/s1. The van der Waals surface area contributed by atoms with Crippen molar-refractivity contribution >= 4 is 19.9 Å². The van der Waals surface area contributed by atoms with E-state index >= 15 is 0 Å². The van der Waals surface area contributed by atoms with Gasteiger partial charge in [-0.25, -0.2) is 0 Å². The number of aromatic nitrogens is 3. The van der Waals surface area contributed by atoms with E-state index in [1.165, 1.54) is 11.1 Å². The van der Waals surface area contributed by atoms with Crippen LogP contribution in [0.1, 0.15) is 90.0 Å². The summed E-state index contributed by atoms with van der Waals surface area (Å²) in [5.41, 5.74) is 10.5. The molecule has 0 bridgehead atoms. The molecule has 3 unspecified atom stereocenters. The molecule has 1 aromatic carbocycles. The van der Waals surface area contributed by atoms with E-state index in [2.05, 4.69) is 78.4 Å². The van der Waals surface area contributed by atoms with Gasteiger partial charge in [-0.05, 0) is 72.0 Å². The number of benzene rings is 1. The molecule has 0 spiro atoms. The summed E-state index contributed by atoms with van der Waals surface area (Å²) in [6.07, 6.45) is 7.08. The zero-order valence-electron chi connectivity index (χ0n) is 23.0. The first-order chi connectivity index (χ1) is 17.7. The highest BCUT2D eigenvalue weighted by Gasteiger charge is 2.45. The highest BCUT2D eigenvalue weighted by Crippen LogP contribution is 2.43. The molecule has 37 heavy (non-hydrogen) atoms. The normalized spacial score (nSPS) is 23.2. The zero-order valence-corrected chi connectivity index (χ0v) is 24.0. The maximum atomic E-state index is 11.7. The second-order valence-corrected chi connectivity index (χ2v) is 16.9. The number of rotatable bonds is 8. The maximum Gasteiger partial charge on any atom is 0.232 e. The second kappa shape index (κ2) is 10.4. The molecular formula is C29H43N5O2Si. The van der Waals surface area contributed by atoms with Crippen molar-refractivity contribution in [3.8, 4) is 5.75 Å². The zero-order chi connectivity index (χ0) is 26.3. The third kappa shape index (κ3) is 4.79. The number of ether oxygens (including phenoxy) is 1. The summed E-state index contributed by atoms with van der Waals surface area (Å²) in [7, 11) is -2.41. The van der Waals surface area contributed by atoms with Crippen molar-refractivity contribution in [2.75, 3.05) is 11.4 Å². The van der Waals surface area contributed by atoms with E-state index in [-0.39, 0.29) is 12.1 Å². The second-order valence-electron chi connectivity index (χ2n) is 11.8. The van der Waals surface area contributed by atoms with Crippen molar-refractivity contribution in [3.63, 3.8) is 0 Å². The van der Waals surface area contributed by atoms with Gasteiger partial charge >= 0.3 is 0 Å². The lowest BCUT2D eigenvalue weighted by molar-refractivity contribution is 0.176. The van der Waals surface area contributed by atoms with Gasteiger partial charge in [0.15, 0.2) is 14.0 Å². The fourth-order valence-corrected chi connectivity index (χ4v) is 11.2. The van der Waals surface area contributed by atoms with Crippen LogP contribution in [-0.2, 0) is 0 Å². The maximum absolute atomic E-state index is 11.7. The van der Waals surface area contributed by atoms with Crippen molar-refractivity contribution in [3.05, 3.63) is 53.7 Å². The Balaban J connectivity index is 1.38. The van der Waals surface area contributed by atoms with Crippen LogP contribution in [0.2, 0.25) is 16.6 Å². The molecule has 1 fully saturated rings. The van der Waals surface area contributed by atoms with E-state index in [1.54, 1.807) is 0 Å². The van der Waals surface area contributed by atoms with Gasteiger partial charge in [0.2, 0.25) is 5.95 Å². The monoisotopic (exact) mass is 521 g/mol. The lowest BCUT2D eigenvalue weighted by Gasteiger charge is -2.40. The van der Waals surface area contributed by atoms with Crippen molar-refractivity contribution < 1.29 is 9.53 Å². The molecule has 2 aliphatic rings. The number of pyridine rings is 1. The fraction of sp³-hybridized carbons (Fsp3) is 0.586. The highest BCUT2D eigenvalue weighted by molar-refractivity contribution is 6.76. The van der Waals surface area contributed by atoms with E-state index < -0.39 is 8.32 Å². The van der Waals surface area contributed by atoms with Gasteiger partial charge in [-0.3, -0.25) is 4.40 Å². The van der Waals surface area contributed by atoms with Crippen LogP contribution < -0.4 is 15.4 Å². The first-order valence-corrected chi connectivity index (χ1v) is 16.2. The minimum Gasteiger partial charge on any atom is -0.484 e. The molecule has 1 aliphatic heterocycles. The van der Waals surface area contributed by atoms with Crippen LogP contribution >= 0.6 is 0 Å². The SMILES string of the molecule is CC(C)[Si](O)(C(C)C)C(C)CC1CCCN1c1nnc2ccc(OC3CC[C@H](N)c4ccccc43)cn12. The van der Waals surface area contributed by atoms with Gasteiger partial charge in [-0.15, -0.1) is 10.2 Å². The number of anilines is 1. The van der Waals surface area contributed by atoms with Crippen LogP contribution in [0.4, 0.5) is 5.95 Å². The fourth-order valence-electron chi connectivity index (χ4n) is 6.94. The van der Waals surface area contributed by atoms with Gasteiger partial charge in [-0.1, -0.05) is 58.9 Å². The molecule has 200 valence electrons. The molecule has 4 atom stereocenters. The number of nitrogens with zero attached hydrogens (tertiary/aromatic N) is 4. The van der Waals surface area contributed by atoms with Gasteiger partial charge in [0.1, 0.15) is 11.9 Å². The predicted molar refractivity (Wildman–Crippen MR) is 152 cm³/mol. The van der Waals surface area contributed by atoms with Crippen molar-refractivity contribution in [2.24, 2.45) is 5.73 Å². The lowest BCUT2D eigenvalue weighted by Crippen LogP contribution is -2.47. The topological polar surface area (TPSA) is 88.9 Å². The Labute approximate surface area is 222 Å². The van der Waals surface area contributed by atoms with Crippen LogP contribution in [0.25, 0.3) is 5.65 Å². The molecule has 2 aromatic heterocycles. The van der Waals surface area contributed by atoms with E-state index in [0.29, 0.717) is 22.7 Å². The van der Waals surface area contributed by atoms with Gasteiger partial charge in [0, 0.05) is 18.6 Å². The quantitative estimate of drug-likeness (QED) is 0.346. The molecule has 0 radical (unpaired) electrons. The van der Waals surface area contributed by atoms with Crippen molar-refractivity contribution in [2.45, 2.75) is 102 Å². The molecule has 0 amide bonds. The minimum atomic E-state index is -2.41. The molecule has 1 aliphatic carbocycles. The van der Waals surface area contributed by atoms with Crippen LogP contribution in [0, 0.1) is 0 Å². The van der Waals surface area contributed by atoms with Gasteiger partial charge < -0.3 is 20.2 Å². The number of fused-ring (bicyclic) bond motifs is 2. The Morgan fingerprint density at radius 3 is 2.46 bits per heavy atom. The average Bonchev–Trinajstić information content (AvgIpc) is 3.51. The Kier molecular flexibility index (Phi) is 7.35. The van der Waals surface area contributed by atoms with Crippen LogP contribution in [0.5, 0.6) is 5.75 Å². The van der Waals surface area contributed by atoms with Crippen LogP contribution in [0.3, 0.4) is 0 Å². The summed E-state index contributed by atoms with van der Waals surface area (Å²) < 4.78 is 8.61. The van der Waals surface area contributed by atoms with Gasteiger partial charge in [0.05, 0.1) is 6.20 Å². The predicted octanol–water partition coefficient (Wildman–Crippen LogP) is 6.15. The number of hydrogen-bond donors (Lipinski definition) is 2. The summed E-state index contributed by atoms with van der Waals surface area (Å²) in [4.78, 5) is 14.1. The van der Waals surface area contributed by atoms with Gasteiger partial charge in [0.25, 0.3) is 0 Å². The molecule has 3 aromatic rings. The Bertz CT molecular complexity index is 1220. The Morgan fingerprint density at radius 1 is 1.00 bits per heavy atom. The molecule has 3 heterocycles. The van der Waals surface area contributed by atoms with E-state index in [1.807, 2.05) is 18.3 Å². The first kappa shape index (κ1) is 26.2. The van der Waals surface area contributed by atoms with Crippen LogP contribution in [0.15, 0.2) is 42.6 Å². The van der Waals surface area contributed by atoms with E-state index in [9.17, 15) is 4.80 Å². The smallest absolute Gasteiger partial charge is 0.232 e. The van der Waals surface area contributed by atoms with Crippen molar-refractivity contribution in [1.29, 1.82) is 0 Å². The van der Waals surface area contributed by atoms with Crippen LogP contribution in [-0.4, -0.2) is 40.3 Å². The first-order valence-electron chi connectivity index (χ1n) is 14.0. The third-order valence-corrected chi connectivity index (χ3v) is 14.5. The van der Waals surface area contributed by atoms with Gasteiger partial charge in [-0.2, -0.15) is 0 Å². The molecule has 1 saturated heterocycles. The summed E-state index contributed by atoms with van der Waals surface area (Å²) in [5, 5.41) is 9.09. The number of nitrogens with two attached hydrogens (primary N) is 1. The third-order valence-electron chi connectivity index (χ3n) is 9.02. The molecule has 7 nitrogen and oxygen atoms in total. The van der Waals surface area contributed by atoms with Crippen molar-refractivity contribution in [1.82, 2.24) is 14.6 Å². The molecule has 0 saturated carbocycles. The lowest BCUT2D eigenvalue weighted by atomic mass is 9.86. The molecule has 8 heteroatoms. The summed E-state index contributed by atoms with van der Waals surface area (Å²) in [6, 6.07) is 12.8. The summed E-state index contributed by atoms with van der Waals surface area (Å²) in [6.45, 7) is 12.0. The largest absolute Gasteiger partial charge is 0.484 e. The minimum absolute atomic E-state index is 0.0107. The summed E-state index contributed by atoms with van der Waals surface area (Å²) in [5.74, 6) is 1.69. The summed E-state index contributed by atoms with van der Waals surface area (Å²) >= 11 is 0. The Hall–Kier alpha value is -2.42. The molecule has 3 N–H and O–H groups in total. The Morgan fingerprint density at radius 2 is 1.73 bits per heavy atom. The van der Waals surface area contributed by atoms with E-state index in [4.69, 9.17) is 10.5 Å². The van der Waals surface area contributed by atoms with E-state index in [0.717, 1.165) is 56.0 Å².